The van der Waals surface area contributed by atoms with Gasteiger partial charge in [-0.25, -0.2) is 0 Å². The van der Waals surface area contributed by atoms with Crippen LogP contribution in [-0.4, -0.2) is 55.7 Å². The van der Waals surface area contributed by atoms with E-state index in [9.17, 15) is 14.7 Å². The number of aliphatic hydroxyl groups is 1. The molecule has 0 aliphatic carbocycles. The predicted octanol–water partition coefficient (Wildman–Crippen LogP) is 4.21. The van der Waals surface area contributed by atoms with Crippen LogP contribution >= 0.6 is 11.6 Å². The molecule has 1 atom stereocenters. The molecular formula is C24H26ClNO6. The van der Waals surface area contributed by atoms with E-state index < -0.39 is 17.7 Å². The quantitative estimate of drug-likeness (QED) is 0.262. The second-order valence-electron chi connectivity index (χ2n) is 7.19. The van der Waals surface area contributed by atoms with E-state index in [0.29, 0.717) is 47.3 Å². The fourth-order valence-corrected chi connectivity index (χ4v) is 3.85. The number of ketones is 1. The lowest BCUT2D eigenvalue weighted by molar-refractivity contribution is -0.140. The molecule has 1 amide bonds. The third-order valence-corrected chi connectivity index (χ3v) is 5.46. The monoisotopic (exact) mass is 459 g/mol. The Bertz CT molecular complexity index is 1020. The summed E-state index contributed by atoms with van der Waals surface area (Å²) in [5.74, 6) is -0.652. The normalized spacial score (nSPS) is 17.6. The highest BCUT2D eigenvalue weighted by molar-refractivity contribution is 6.46. The maximum absolute atomic E-state index is 13.0. The summed E-state index contributed by atoms with van der Waals surface area (Å²) < 4.78 is 16.1. The first-order valence-electron chi connectivity index (χ1n) is 10.3. The van der Waals surface area contributed by atoms with E-state index >= 15 is 0 Å². The minimum Gasteiger partial charge on any atom is -0.507 e. The van der Waals surface area contributed by atoms with Crippen molar-refractivity contribution >= 4 is 29.1 Å². The summed E-state index contributed by atoms with van der Waals surface area (Å²) >= 11 is 5.96. The fraction of sp³-hybridized carbons (Fsp3) is 0.333. The smallest absolute Gasteiger partial charge is 0.295 e. The minimum atomic E-state index is -0.785. The van der Waals surface area contributed by atoms with E-state index in [1.165, 1.54) is 12.0 Å². The Morgan fingerprint density at radius 2 is 1.81 bits per heavy atom. The number of nitrogens with zero attached hydrogens (tertiary/aromatic N) is 1. The van der Waals surface area contributed by atoms with Crippen LogP contribution in [0.2, 0.25) is 5.02 Å². The number of aliphatic hydroxyl groups excluding tert-OH is 1. The van der Waals surface area contributed by atoms with Crippen molar-refractivity contribution < 1.29 is 28.9 Å². The topological polar surface area (TPSA) is 85.3 Å². The molecule has 1 heterocycles. The zero-order chi connectivity index (χ0) is 23.3. The predicted molar refractivity (Wildman–Crippen MR) is 121 cm³/mol. The van der Waals surface area contributed by atoms with E-state index in [0.717, 1.165) is 0 Å². The first-order chi connectivity index (χ1) is 15.4. The van der Waals surface area contributed by atoms with Gasteiger partial charge in [0.05, 0.1) is 25.3 Å². The van der Waals surface area contributed by atoms with Gasteiger partial charge in [0.15, 0.2) is 11.5 Å². The van der Waals surface area contributed by atoms with Crippen molar-refractivity contribution in [2.24, 2.45) is 0 Å². The molecule has 8 heteroatoms. The summed E-state index contributed by atoms with van der Waals surface area (Å²) in [4.78, 5) is 27.4. The maximum atomic E-state index is 13.0. The summed E-state index contributed by atoms with van der Waals surface area (Å²) in [6.45, 7) is 3.04. The van der Waals surface area contributed by atoms with Gasteiger partial charge in [0.2, 0.25) is 0 Å². The average molecular weight is 460 g/mol. The van der Waals surface area contributed by atoms with Gasteiger partial charge < -0.3 is 24.2 Å². The Morgan fingerprint density at radius 1 is 1.09 bits per heavy atom. The van der Waals surface area contributed by atoms with Crippen molar-refractivity contribution in [2.45, 2.75) is 19.4 Å². The molecule has 0 spiro atoms. The molecule has 2 aromatic rings. The van der Waals surface area contributed by atoms with Crippen molar-refractivity contribution in [3.8, 4) is 11.5 Å². The molecule has 7 nitrogen and oxygen atoms in total. The van der Waals surface area contributed by atoms with Gasteiger partial charge in [-0.15, -0.1) is 0 Å². The molecule has 2 aromatic carbocycles. The highest BCUT2D eigenvalue weighted by atomic mass is 35.5. The molecule has 3 rings (SSSR count). The number of hydrogen-bond donors (Lipinski definition) is 1. The van der Waals surface area contributed by atoms with Crippen LogP contribution in [0.25, 0.3) is 5.76 Å². The number of amides is 1. The van der Waals surface area contributed by atoms with Gasteiger partial charge in [-0.1, -0.05) is 17.7 Å². The van der Waals surface area contributed by atoms with E-state index in [1.54, 1.807) is 49.6 Å². The zero-order valence-corrected chi connectivity index (χ0v) is 19.0. The lowest BCUT2D eigenvalue weighted by Gasteiger charge is -2.26. The van der Waals surface area contributed by atoms with E-state index in [2.05, 4.69) is 0 Å². The van der Waals surface area contributed by atoms with Crippen LogP contribution in [0.4, 0.5) is 0 Å². The van der Waals surface area contributed by atoms with Gasteiger partial charge >= 0.3 is 0 Å². The van der Waals surface area contributed by atoms with Crippen LogP contribution in [0.15, 0.2) is 48.0 Å². The molecule has 1 aliphatic rings. The Hall–Kier alpha value is -3.03. The molecule has 1 N–H and O–H groups in total. The minimum absolute atomic E-state index is 0.0148. The number of rotatable bonds is 9. The summed E-state index contributed by atoms with van der Waals surface area (Å²) in [7, 11) is 3.09. The molecule has 1 fully saturated rings. The van der Waals surface area contributed by atoms with Gasteiger partial charge in [0.1, 0.15) is 5.76 Å². The maximum Gasteiger partial charge on any atom is 0.295 e. The summed E-state index contributed by atoms with van der Waals surface area (Å²) in [5, 5.41) is 11.5. The molecule has 0 bridgehead atoms. The number of carbonyl (C=O) groups is 2. The second kappa shape index (κ2) is 10.5. The first kappa shape index (κ1) is 23.6. The number of Topliss-reactive ketones (excluding diaryl/α,β-unsaturated/α-hetero) is 1. The molecule has 1 aliphatic heterocycles. The molecule has 0 radical (unpaired) electrons. The number of benzene rings is 2. The van der Waals surface area contributed by atoms with E-state index in [4.69, 9.17) is 25.8 Å². The van der Waals surface area contributed by atoms with Crippen LogP contribution in [0, 0.1) is 0 Å². The molecule has 1 saturated heterocycles. The molecule has 0 unspecified atom stereocenters. The highest BCUT2D eigenvalue weighted by Crippen LogP contribution is 2.42. The third kappa shape index (κ3) is 4.74. The number of ether oxygens (including phenoxy) is 3. The van der Waals surface area contributed by atoms with Gasteiger partial charge in [-0.3, -0.25) is 9.59 Å². The van der Waals surface area contributed by atoms with E-state index in [-0.39, 0.29) is 17.9 Å². The molecule has 170 valence electrons. The lowest BCUT2D eigenvalue weighted by Crippen LogP contribution is -2.31. The van der Waals surface area contributed by atoms with Crippen LogP contribution in [0.1, 0.15) is 30.5 Å². The number of likely N-dealkylation sites (tertiary alicyclic amines) is 1. The molecule has 0 aromatic heterocycles. The summed E-state index contributed by atoms with van der Waals surface area (Å²) in [6.07, 6.45) is 0.537. The van der Waals surface area contributed by atoms with Gasteiger partial charge in [0.25, 0.3) is 11.7 Å². The van der Waals surface area contributed by atoms with Crippen molar-refractivity contribution in [2.75, 3.05) is 34.0 Å². The fourth-order valence-electron chi connectivity index (χ4n) is 3.73. The summed E-state index contributed by atoms with van der Waals surface area (Å²) in [5.41, 5.74) is 1.03. The van der Waals surface area contributed by atoms with Crippen LogP contribution in [-0.2, 0) is 14.3 Å². The summed E-state index contributed by atoms with van der Waals surface area (Å²) in [6, 6.07) is 10.9. The Labute approximate surface area is 192 Å². The van der Waals surface area contributed by atoms with E-state index in [1.807, 2.05) is 6.92 Å². The highest BCUT2D eigenvalue weighted by Gasteiger charge is 2.46. The number of carbonyl (C=O) groups excluding carboxylic acids is 2. The van der Waals surface area contributed by atoms with Crippen molar-refractivity contribution in [3.05, 3.63) is 64.2 Å². The molecule has 0 saturated carbocycles. The van der Waals surface area contributed by atoms with Crippen molar-refractivity contribution in [3.63, 3.8) is 0 Å². The zero-order valence-electron chi connectivity index (χ0n) is 18.3. The van der Waals surface area contributed by atoms with Crippen LogP contribution in [0.3, 0.4) is 0 Å². The standard InChI is InChI=1S/C24H26ClNO6/c1-4-32-18-11-8-16(14-19(18)31-3)21-20(22(27)15-6-9-17(25)10-7-15)23(28)24(29)26(21)12-5-13-30-2/h6-11,14,21,27H,4-5,12-13H2,1-3H3/t21-/m1/s1. The SMILES string of the molecule is CCOc1ccc([C@@H]2C(=C(O)c3ccc(Cl)cc3)C(=O)C(=O)N2CCCOC)cc1OC. The van der Waals surface area contributed by atoms with Gasteiger partial charge in [-0.05, 0) is 55.3 Å². The Balaban J connectivity index is 2.14. The second-order valence-corrected chi connectivity index (χ2v) is 7.63. The van der Waals surface area contributed by atoms with Gasteiger partial charge in [-0.2, -0.15) is 0 Å². The third-order valence-electron chi connectivity index (χ3n) is 5.21. The number of methoxy groups -OCH3 is 2. The number of hydrogen-bond acceptors (Lipinski definition) is 6. The van der Waals surface area contributed by atoms with Crippen molar-refractivity contribution in [1.29, 1.82) is 0 Å². The number of halogens is 1. The first-order valence-corrected chi connectivity index (χ1v) is 10.6. The molecule has 32 heavy (non-hydrogen) atoms. The van der Waals surface area contributed by atoms with Crippen LogP contribution < -0.4 is 9.47 Å². The van der Waals surface area contributed by atoms with Gasteiger partial charge in [0, 0.05) is 30.8 Å². The van der Waals surface area contributed by atoms with Crippen LogP contribution in [0.5, 0.6) is 11.5 Å². The largest absolute Gasteiger partial charge is 0.507 e. The van der Waals surface area contributed by atoms with Crippen molar-refractivity contribution in [1.82, 2.24) is 4.90 Å². The lowest BCUT2D eigenvalue weighted by atomic mass is 9.95. The average Bonchev–Trinajstić information content (AvgIpc) is 3.05. The molecular weight excluding hydrogens is 434 g/mol. The Morgan fingerprint density at radius 3 is 2.44 bits per heavy atom. The Kier molecular flexibility index (Phi) is 7.77.